The van der Waals surface area contributed by atoms with Gasteiger partial charge in [-0.3, -0.25) is 13.8 Å². The van der Waals surface area contributed by atoms with Gasteiger partial charge in [0.25, 0.3) is 0 Å². The van der Waals surface area contributed by atoms with Gasteiger partial charge < -0.3 is 4.74 Å². The van der Waals surface area contributed by atoms with Crippen molar-refractivity contribution in [3.63, 3.8) is 0 Å². The van der Waals surface area contributed by atoms with E-state index in [1.165, 1.54) is 16.3 Å². The van der Waals surface area contributed by atoms with Gasteiger partial charge in [0, 0.05) is 28.9 Å². The molecule has 6 nitrogen and oxygen atoms in total. The van der Waals surface area contributed by atoms with E-state index in [2.05, 4.69) is 10.2 Å². The number of hydrogen-bond acceptors (Lipinski definition) is 5. The summed E-state index contributed by atoms with van der Waals surface area (Å²) in [6, 6.07) is 14.9. The van der Waals surface area contributed by atoms with E-state index in [0.29, 0.717) is 15.9 Å². The maximum Gasteiger partial charge on any atom is 0.300 e. The zero-order valence-electron chi connectivity index (χ0n) is 14.4. The number of hydrogen-bond donors (Lipinski definition) is 0. The topological polar surface area (TPSA) is 61.4 Å². The molecule has 136 valence electrons. The molecule has 0 unspecified atom stereocenters. The Kier molecular flexibility index (Phi) is 4.87. The minimum atomic E-state index is -0.236. The lowest BCUT2D eigenvalue weighted by atomic mass is 10.2. The molecule has 2 aromatic heterocycles. The van der Waals surface area contributed by atoms with Crippen LogP contribution in [0, 0.1) is 0 Å². The van der Waals surface area contributed by atoms with E-state index < -0.39 is 0 Å². The van der Waals surface area contributed by atoms with Crippen LogP contribution >= 0.6 is 23.4 Å². The van der Waals surface area contributed by atoms with E-state index in [1.807, 2.05) is 36.4 Å². The SMILES string of the molecule is COc1ccc(-n2ccn3c(SCc4ccccc4Cl)nnc3c2=O)cc1. The third kappa shape index (κ3) is 3.43. The van der Waals surface area contributed by atoms with Crippen molar-refractivity contribution < 1.29 is 4.74 Å². The highest BCUT2D eigenvalue weighted by Crippen LogP contribution is 2.25. The molecule has 0 radical (unpaired) electrons. The number of aromatic nitrogens is 4. The molecule has 4 rings (SSSR count). The Bertz CT molecular complexity index is 1150. The third-order valence-corrected chi connectivity index (χ3v) is 5.47. The van der Waals surface area contributed by atoms with Gasteiger partial charge in [0.1, 0.15) is 5.75 Å². The molecule has 2 aromatic carbocycles. The van der Waals surface area contributed by atoms with Crippen molar-refractivity contribution in [1.82, 2.24) is 19.2 Å². The number of thioether (sulfide) groups is 1. The Balaban J connectivity index is 1.65. The van der Waals surface area contributed by atoms with Gasteiger partial charge in [-0.25, -0.2) is 0 Å². The molecule has 0 fully saturated rings. The fourth-order valence-corrected chi connectivity index (χ4v) is 3.87. The number of benzene rings is 2. The summed E-state index contributed by atoms with van der Waals surface area (Å²) < 4.78 is 8.39. The summed E-state index contributed by atoms with van der Waals surface area (Å²) in [5.74, 6) is 1.37. The Labute approximate surface area is 164 Å². The van der Waals surface area contributed by atoms with E-state index in [9.17, 15) is 4.79 Å². The van der Waals surface area contributed by atoms with Gasteiger partial charge in [0.2, 0.25) is 5.65 Å². The van der Waals surface area contributed by atoms with Gasteiger partial charge in [-0.05, 0) is 35.9 Å². The first-order valence-corrected chi connectivity index (χ1v) is 9.51. The molecular weight excluding hydrogens is 384 g/mol. The molecule has 0 bridgehead atoms. The summed E-state index contributed by atoms with van der Waals surface area (Å²) in [5, 5.41) is 9.59. The zero-order chi connectivity index (χ0) is 18.8. The van der Waals surface area contributed by atoms with E-state index in [1.54, 1.807) is 36.0 Å². The van der Waals surface area contributed by atoms with Crippen molar-refractivity contribution in [2.75, 3.05) is 7.11 Å². The first kappa shape index (κ1) is 17.6. The molecule has 0 atom stereocenters. The Morgan fingerprint density at radius 3 is 2.59 bits per heavy atom. The fourth-order valence-electron chi connectivity index (χ4n) is 2.67. The zero-order valence-corrected chi connectivity index (χ0v) is 15.9. The molecule has 0 N–H and O–H groups in total. The fraction of sp³-hybridized carbons (Fsp3) is 0.105. The van der Waals surface area contributed by atoms with Crippen LogP contribution in [0.1, 0.15) is 5.56 Å². The predicted octanol–water partition coefficient (Wildman–Crippen LogP) is 3.83. The summed E-state index contributed by atoms with van der Waals surface area (Å²) in [4.78, 5) is 12.8. The molecule has 0 spiro atoms. The molecular formula is C19H15ClN4O2S. The Morgan fingerprint density at radius 1 is 1.07 bits per heavy atom. The van der Waals surface area contributed by atoms with Gasteiger partial charge in [-0.2, -0.15) is 0 Å². The van der Waals surface area contributed by atoms with E-state index >= 15 is 0 Å². The molecule has 2 heterocycles. The van der Waals surface area contributed by atoms with Crippen LogP contribution in [0.2, 0.25) is 5.02 Å². The van der Waals surface area contributed by atoms with Gasteiger partial charge >= 0.3 is 5.56 Å². The van der Waals surface area contributed by atoms with Crippen LogP contribution in [-0.4, -0.2) is 26.3 Å². The van der Waals surface area contributed by atoms with Gasteiger partial charge in [-0.15, -0.1) is 10.2 Å². The van der Waals surface area contributed by atoms with Crippen LogP contribution in [0.5, 0.6) is 5.75 Å². The highest BCUT2D eigenvalue weighted by molar-refractivity contribution is 7.98. The van der Waals surface area contributed by atoms with Crippen LogP contribution in [0.4, 0.5) is 0 Å². The van der Waals surface area contributed by atoms with Crippen LogP contribution in [0.25, 0.3) is 11.3 Å². The van der Waals surface area contributed by atoms with Crippen molar-refractivity contribution in [3.05, 3.63) is 81.9 Å². The molecule has 8 heteroatoms. The van der Waals surface area contributed by atoms with Crippen molar-refractivity contribution in [3.8, 4) is 11.4 Å². The second kappa shape index (κ2) is 7.46. The second-order valence-corrected chi connectivity index (χ2v) is 7.08. The summed E-state index contributed by atoms with van der Waals surface area (Å²) in [5.41, 5.74) is 1.78. The molecule has 0 saturated heterocycles. The third-order valence-electron chi connectivity index (χ3n) is 4.10. The number of rotatable bonds is 5. The minimum Gasteiger partial charge on any atom is -0.497 e. The first-order valence-electron chi connectivity index (χ1n) is 8.14. The van der Waals surface area contributed by atoms with Crippen molar-refractivity contribution in [2.45, 2.75) is 10.9 Å². The monoisotopic (exact) mass is 398 g/mol. The van der Waals surface area contributed by atoms with Crippen molar-refractivity contribution in [1.29, 1.82) is 0 Å². The highest BCUT2D eigenvalue weighted by Gasteiger charge is 2.12. The first-order chi connectivity index (χ1) is 13.2. The molecule has 0 aliphatic carbocycles. The number of halogens is 1. The van der Waals surface area contributed by atoms with Crippen LogP contribution in [0.15, 0.2) is 70.9 Å². The van der Waals surface area contributed by atoms with Crippen LogP contribution < -0.4 is 10.3 Å². The Morgan fingerprint density at radius 2 is 1.85 bits per heavy atom. The quantitative estimate of drug-likeness (QED) is 0.478. The molecule has 0 aliphatic rings. The van der Waals surface area contributed by atoms with Gasteiger partial charge in [0.15, 0.2) is 5.16 Å². The summed E-state index contributed by atoms with van der Waals surface area (Å²) in [6.07, 6.45) is 3.50. The predicted molar refractivity (Wildman–Crippen MR) is 106 cm³/mol. The lowest BCUT2D eigenvalue weighted by molar-refractivity contribution is 0.414. The summed E-state index contributed by atoms with van der Waals surface area (Å²) in [7, 11) is 1.60. The lowest BCUT2D eigenvalue weighted by Crippen LogP contribution is -2.20. The number of methoxy groups -OCH3 is 1. The second-order valence-electron chi connectivity index (χ2n) is 5.73. The van der Waals surface area contributed by atoms with Crippen LogP contribution in [-0.2, 0) is 5.75 Å². The number of fused-ring (bicyclic) bond motifs is 1. The highest BCUT2D eigenvalue weighted by atomic mass is 35.5. The maximum atomic E-state index is 12.8. The van der Waals surface area contributed by atoms with E-state index in [4.69, 9.17) is 16.3 Å². The average molecular weight is 399 g/mol. The van der Waals surface area contributed by atoms with Crippen molar-refractivity contribution >= 4 is 29.0 Å². The van der Waals surface area contributed by atoms with Gasteiger partial charge in [-0.1, -0.05) is 41.6 Å². The molecule has 0 aliphatic heterocycles. The van der Waals surface area contributed by atoms with E-state index in [-0.39, 0.29) is 11.2 Å². The Hall–Kier alpha value is -2.77. The number of ether oxygens (including phenoxy) is 1. The lowest BCUT2D eigenvalue weighted by Gasteiger charge is -2.07. The van der Waals surface area contributed by atoms with Crippen molar-refractivity contribution in [2.24, 2.45) is 0 Å². The van der Waals surface area contributed by atoms with E-state index in [0.717, 1.165) is 17.0 Å². The number of nitrogens with zero attached hydrogens (tertiary/aromatic N) is 4. The molecule has 0 amide bonds. The van der Waals surface area contributed by atoms with Gasteiger partial charge in [0.05, 0.1) is 7.11 Å². The average Bonchev–Trinajstić information content (AvgIpc) is 3.12. The summed E-state index contributed by atoms with van der Waals surface area (Å²) in [6.45, 7) is 0. The molecule has 4 aromatic rings. The minimum absolute atomic E-state index is 0.236. The normalized spacial score (nSPS) is 11.0. The smallest absolute Gasteiger partial charge is 0.300 e. The van der Waals surface area contributed by atoms with Crippen LogP contribution in [0.3, 0.4) is 0 Å². The summed E-state index contributed by atoms with van der Waals surface area (Å²) >= 11 is 7.68. The molecule has 27 heavy (non-hydrogen) atoms. The standard InChI is InChI=1S/C19H15ClN4O2S/c1-26-15-8-6-14(7-9-15)23-10-11-24-17(18(23)25)21-22-19(24)27-12-13-4-2-3-5-16(13)20/h2-11H,12H2,1H3. The largest absolute Gasteiger partial charge is 0.497 e. The molecule has 0 saturated carbocycles. The maximum absolute atomic E-state index is 12.8.